The Kier molecular flexibility index (Phi) is 5.85. The maximum absolute atomic E-state index is 13.1. The number of hydrogen-bond donors (Lipinski definition) is 2. The molecule has 6 bridgehead atoms. The minimum atomic E-state index is -4.35. The third-order valence-electron chi connectivity index (χ3n) is 7.01. The molecule has 3 atom stereocenters. The van der Waals surface area contributed by atoms with E-state index in [4.69, 9.17) is 9.72 Å². The molecule has 0 amide bonds. The van der Waals surface area contributed by atoms with Gasteiger partial charge in [-0.1, -0.05) is 29.7 Å². The third kappa shape index (κ3) is 4.42. The summed E-state index contributed by atoms with van der Waals surface area (Å²) in [6.07, 6.45) is -3.85. The number of ether oxygens (including phenoxy) is 1. The van der Waals surface area contributed by atoms with Crippen molar-refractivity contribution in [1.82, 2.24) is 24.1 Å². The smallest absolute Gasteiger partial charge is 0.401 e. The summed E-state index contributed by atoms with van der Waals surface area (Å²) in [5, 5.41) is 2.96. The number of alkyl halides is 3. The van der Waals surface area contributed by atoms with Crippen LogP contribution in [0.25, 0.3) is 32.4 Å². The van der Waals surface area contributed by atoms with Crippen molar-refractivity contribution in [2.24, 2.45) is 0 Å². The SMILES string of the molecule is C[C@@H]1C[C@H]2CN1CCn1sc3c(cccc3c1=O)-c1nc3c(c(CNCC(F)(F)F)ccc3[nH]c1=O)O2. The van der Waals surface area contributed by atoms with Gasteiger partial charge in [0.05, 0.1) is 22.1 Å². The van der Waals surface area contributed by atoms with E-state index in [1.54, 1.807) is 34.3 Å². The van der Waals surface area contributed by atoms with Crippen LogP contribution in [-0.2, 0) is 13.1 Å². The van der Waals surface area contributed by atoms with Gasteiger partial charge in [-0.15, -0.1) is 0 Å². The van der Waals surface area contributed by atoms with Crippen LogP contribution in [0, 0.1) is 0 Å². The van der Waals surface area contributed by atoms with Crippen molar-refractivity contribution in [2.75, 3.05) is 19.6 Å². The summed E-state index contributed by atoms with van der Waals surface area (Å²) in [7, 11) is 0. The molecule has 0 radical (unpaired) electrons. The molecular formula is C25H24F3N5O3S. The fourth-order valence-corrected chi connectivity index (χ4v) is 6.30. The molecule has 2 aliphatic rings. The van der Waals surface area contributed by atoms with Crippen LogP contribution in [0.1, 0.15) is 18.9 Å². The van der Waals surface area contributed by atoms with Crippen LogP contribution >= 0.6 is 11.5 Å². The van der Waals surface area contributed by atoms with E-state index in [1.807, 2.05) is 0 Å². The second-order valence-corrected chi connectivity index (χ2v) is 10.6. The minimum Gasteiger partial charge on any atom is -0.486 e. The molecule has 37 heavy (non-hydrogen) atoms. The zero-order chi connectivity index (χ0) is 25.9. The van der Waals surface area contributed by atoms with Crippen molar-refractivity contribution in [1.29, 1.82) is 0 Å². The van der Waals surface area contributed by atoms with Crippen LogP contribution in [0.3, 0.4) is 0 Å². The van der Waals surface area contributed by atoms with Crippen LogP contribution in [0.15, 0.2) is 39.9 Å². The van der Waals surface area contributed by atoms with Gasteiger partial charge in [0, 0.05) is 49.8 Å². The highest BCUT2D eigenvalue weighted by Crippen LogP contribution is 2.34. The van der Waals surface area contributed by atoms with E-state index in [0.717, 1.165) is 0 Å². The highest BCUT2D eigenvalue weighted by molar-refractivity contribution is 7.14. The van der Waals surface area contributed by atoms with E-state index >= 15 is 0 Å². The first kappa shape index (κ1) is 24.1. The lowest BCUT2D eigenvalue weighted by Crippen LogP contribution is -2.33. The van der Waals surface area contributed by atoms with Gasteiger partial charge in [-0.2, -0.15) is 13.2 Å². The topological polar surface area (TPSA) is 92.3 Å². The molecule has 1 fully saturated rings. The molecule has 1 unspecified atom stereocenters. The summed E-state index contributed by atoms with van der Waals surface area (Å²) in [4.78, 5) is 36.1. The molecule has 0 aliphatic carbocycles. The monoisotopic (exact) mass is 531 g/mol. The lowest BCUT2D eigenvalue weighted by Gasteiger charge is -2.21. The molecule has 2 aromatic carbocycles. The molecule has 4 aromatic rings. The molecule has 4 heterocycles. The number of fused-ring (bicyclic) bond motifs is 5. The van der Waals surface area contributed by atoms with Crippen LogP contribution < -0.4 is 21.2 Å². The third-order valence-corrected chi connectivity index (χ3v) is 8.20. The van der Waals surface area contributed by atoms with E-state index < -0.39 is 18.3 Å². The molecule has 12 heteroatoms. The zero-order valence-electron chi connectivity index (χ0n) is 19.9. The van der Waals surface area contributed by atoms with Gasteiger partial charge in [-0.25, -0.2) is 4.98 Å². The van der Waals surface area contributed by atoms with Crippen LogP contribution in [-0.4, -0.2) is 56.8 Å². The second-order valence-electron chi connectivity index (χ2n) is 9.58. The van der Waals surface area contributed by atoms with Crippen LogP contribution in [0.4, 0.5) is 13.2 Å². The number of rotatable bonds is 3. The van der Waals surface area contributed by atoms with Crippen LogP contribution in [0.2, 0.25) is 0 Å². The van der Waals surface area contributed by atoms with Crippen molar-refractivity contribution >= 4 is 32.7 Å². The number of nitrogens with one attached hydrogen (secondary N) is 2. The van der Waals surface area contributed by atoms with E-state index in [0.29, 0.717) is 64.1 Å². The summed E-state index contributed by atoms with van der Waals surface area (Å²) < 4.78 is 47.3. The van der Waals surface area contributed by atoms with Gasteiger partial charge in [0.15, 0.2) is 5.75 Å². The fourth-order valence-electron chi connectivity index (χ4n) is 5.21. The Morgan fingerprint density at radius 3 is 2.86 bits per heavy atom. The van der Waals surface area contributed by atoms with Crippen molar-refractivity contribution in [3.05, 3.63) is 56.6 Å². The summed E-state index contributed by atoms with van der Waals surface area (Å²) in [6.45, 7) is 2.63. The minimum absolute atomic E-state index is 0.0764. The number of benzene rings is 2. The van der Waals surface area contributed by atoms with Gasteiger partial charge in [-0.3, -0.25) is 18.4 Å². The van der Waals surface area contributed by atoms with Crippen molar-refractivity contribution in [3.8, 4) is 17.0 Å². The molecular weight excluding hydrogens is 507 g/mol. The first-order valence-corrected chi connectivity index (χ1v) is 12.8. The number of H-pyrrole nitrogens is 1. The summed E-state index contributed by atoms with van der Waals surface area (Å²) in [5.41, 5.74) is 1.46. The largest absolute Gasteiger partial charge is 0.486 e. The zero-order valence-corrected chi connectivity index (χ0v) is 20.7. The van der Waals surface area contributed by atoms with E-state index in [2.05, 4.69) is 22.1 Å². The maximum Gasteiger partial charge on any atom is 0.401 e. The molecule has 2 N–H and O–H groups in total. The van der Waals surface area contributed by atoms with Gasteiger partial charge in [-0.05, 0) is 19.1 Å². The molecule has 0 saturated carbocycles. The lowest BCUT2D eigenvalue weighted by atomic mass is 10.1. The highest BCUT2D eigenvalue weighted by atomic mass is 32.1. The Morgan fingerprint density at radius 2 is 2.05 bits per heavy atom. The van der Waals surface area contributed by atoms with E-state index in [1.165, 1.54) is 11.5 Å². The number of aromatic nitrogens is 3. The van der Waals surface area contributed by atoms with Crippen molar-refractivity contribution in [2.45, 2.75) is 44.8 Å². The molecule has 6 rings (SSSR count). The fraction of sp³-hybridized carbons (Fsp3) is 0.400. The Labute approximate surface area is 212 Å². The number of nitrogens with zero attached hydrogens (tertiary/aromatic N) is 3. The molecule has 2 aliphatic heterocycles. The maximum atomic E-state index is 13.1. The first-order chi connectivity index (χ1) is 17.7. The Bertz CT molecular complexity index is 1630. The van der Waals surface area contributed by atoms with Crippen LogP contribution in [0.5, 0.6) is 5.75 Å². The predicted octanol–water partition coefficient (Wildman–Crippen LogP) is 3.47. The Morgan fingerprint density at radius 1 is 1.22 bits per heavy atom. The van der Waals surface area contributed by atoms with Gasteiger partial charge < -0.3 is 15.0 Å². The predicted molar refractivity (Wildman–Crippen MR) is 135 cm³/mol. The average molecular weight is 532 g/mol. The number of halogens is 3. The number of hydrogen-bond acceptors (Lipinski definition) is 7. The van der Waals surface area contributed by atoms with E-state index in [9.17, 15) is 22.8 Å². The second kappa shape index (κ2) is 8.96. The normalized spacial score (nSPS) is 21.6. The molecule has 194 valence electrons. The summed E-state index contributed by atoms with van der Waals surface area (Å²) in [5.74, 6) is 0.360. The molecule has 1 saturated heterocycles. The summed E-state index contributed by atoms with van der Waals surface area (Å²) in [6, 6.07) is 8.71. The number of aromatic amines is 1. The highest BCUT2D eigenvalue weighted by Gasteiger charge is 2.32. The Balaban J connectivity index is 1.57. The lowest BCUT2D eigenvalue weighted by molar-refractivity contribution is -0.125. The Hall–Kier alpha value is -3.22. The van der Waals surface area contributed by atoms with Gasteiger partial charge in [0.1, 0.15) is 17.3 Å². The standard InChI is InChI=1S/C25H24F3N5O3S/c1-13-9-15-11-32(13)7-8-33-24(35)17-4-2-3-16(22(17)37-33)19-23(34)30-18-6-5-14(10-29-12-25(26,27)28)21(36-15)20(18)31-19/h2-6,13,15,29H,7-12H2,1H3,(H,30,34)/t13-,15+/m1/s1. The van der Waals surface area contributed by atoms with Crippen molar-refractivity contribution in [3.63, 3.8) is 0 Å². The van der Waals surface area contributed by atoms with Gasteiger partial charge in [0.25, 0.3) is 11.1 Å². The van der Waals surface area contributed by atoms with Gasteiger partial charge >= 0.3 is 6.18 Å². The van der Waals surface area contributed by atoms with Gasteiger partial charge in [0.2, 0.25) is 0 Å². The summed E-state index contributed by atoms with van der Waals surface area (Å²) >= 11 is 1.31. The average Bonchev–Trinajstić information content (AvgIpc) is 3.36. The quantitative estimate of drug-likeness (QED) is 0.421. The van der Waals surface area contributed by atoms with Crippen molar-refractivity contribution < 1.29 is 17.9 Å². The molecule has 0 spiro atoms. The molecule has 2 aromatic heterocycles. The van der Waals surface area contributed by atoms with E-state index in [-0.39, 0.29) is 29.9 Å². The first-order valence-electron chi connectivity index (χ1n) is 12.1. The molecule has 8 nitrogen and oxygen atoms in total.